The molecule has 1 aromatic carbocycles. The fourth-order valence-electron chi connectivity index (χ4n) is 1.54. The van der Waals surface area contributed by atoms with Crippen LogP contribution < -0.4 is 10.1 Å². The molecule has 0 radical (unpaired) electrons. The van der Waals surface area contributed by atoms with Crippen LogP contribution in [-0.4, -0.2) is 7.05 Å². The van der Waals surface area contributed by atoms with Gasteiger partial charge in [-0.2, -0.15) is 4.39 Å². The molecule has 1 aromatic heterocycles. The van der Waals surface area contributed by atoms with Crippen LogP contribution in [0, 0.1) is 11.6 Å². The van der Waals surface area contributed by atoms with Crippen molar-refractivity contribution in [3.63, 3.8) is 0 Å². The highest BCUT2D eigenvalue weighted by Crippen LogP contribution is 2.20. The van der Waals surface area contributed by atoms with Crippen molar-refractivity contribution < 1.29 is 17.9 Å². The first-order valence-electron chi connectivity index (χ1n) is 5.48. The van der Waals surface area contributed by atoms with Crippen LogP contribution in [-0.2, 0) is 13.2 Å². The Hall–Kier alpha value is -1.88. The maximum atomic E-state index is 13.3. The van der Waals surface area contributed by atoms with Crippen LogP contribution in [0.4, 0.5) is 8.78 Å². The summed E-state index contributed by atoms with van der Waals surface area (Å²) in [6.07, 6.45) is 1.59. The normalized spacial score (nSPS) is 10.6. The maximum Gasteiger partial charge on any atom is 0.200 e. The van der Waals surface area contributed by atoms with E-state index in [2.05, 4.69) is 5.32 Å². The SMILES string of the molecule is CNCc1coc(COc2cccc(F)c2F)c1. The van der Waals surface area contributed by atoms with Crippen molar-refractivity contribution in [3.05, 3.63) is 53.5 Å². The molecule has 0 spiro atoms. The topological polar surface area (TPSA) is 34.4 Å². The molecule has 1 N–H and O–H groups in total. The smallest absolute Gasteiger partial charge is 0.200 e. The van der Waals surface area contributed by atoms with Gasteiger partial charge in [0.05, 0.1) is 6.26 Å². The Morgan fingerprint density at radius 1 is 1.33 bits per heavy atom. The van der Waals surface area contributed by atoms with E-state index in [0.717, 1.165) is 11.6 Å². The van der Waals surface area contributed by atoms with Gasteiger partial charge in [0.1, 0.15) is 12.4 Å². The zero-order valence-corrected chi connectivity index (χ0v) is 9.87. The predicted molar refractivity (Wildman–Crippen MR) is 62.2 cm³/mol. The molecule has 3 nitrogen and oxygen atoms in total. The lowest BCUT2D eigenvalue weighted by atomic mass is 10.3. The van der Waals surface area contributed by atoms with E-state index in [1.165, 1.54) is 12.1 Å². The summed E-state index contributed by atoms with van der Waals surface area (Å²) >= 11 is 0. The van der Waals surface area contributed by atoms with Crippen LogP contribution in [0.15, 0.2) is 34.9 Å². The van der Waals surface area contributed by atoms with Crippen molar-refractivity contribution in [3.8, 4) is 5.75 Å². The van der Waals surface area contributed by atoms with Gasteiger partial charge in [-0.05, 0) is 25.2 Å². The first-order chi connectivity index (χ1) is 8.70. The molecule has 96 valence electrons. The van der Waals surface area contributed by atoms with Gasteiger partial charge >= 0.3 is 0 Å². The minimum Gasteiger partial charge on any atom is -0.482 e. The molecule has 0 atom stereocenters. The Kier molecular flexibility index (Phi) is 3.94. The molecular formula is C13H13F2NO2. The van der Waals surface area contributed by atoms with Crippen LogP contribution in [0.25, 0.3) is 0 Å². The number of nitrogens with one attached hydrogen (secondary N) is 1. The predicted octanol–water partition coefficient (Wildman–Crippen LogP) is 2.86. The Balaban J connectivity index is 2.00. The summed E-state index contributed by atoms with van der Waals surface area (Å²) in [5, 5.41) is 2.98. The molecule has 2 aromatic rings. The lowest BCUT2D eigenvalue weighted by molar-refractivity contribution is 0.255. The van der Waals surface area contributed by atoms with Gasteiger partial charge in [-0.25, -0.2) is 4.39 Å². The van der Waals surface area contributed by atoms with Crippen LogP contribution in [0.2, 0.25) is 0 Å². The molecule has 0 unspecified atom stereocenters. The molecule has 0 saturated carbocycles. The van der Waals surface area contributed by atoms with Gasteiger partial charge in [0, 0.05) is 12.1 Å². The van der Waals surface area contributed by atoms with Crippen molar-refractivity contribution in [1.82, 2.24) is 5.32 Å². The Labute approximate surface area is 103 Å². The summed E-state index contributed by atoms with van der Waals surface area (Å²) in [7, 11) is 1.82. The van der Waals surface area contributed by atoms with Gasteiger partial charge in [-0.1, -0.05) is 6.07 Å². The number of hydrogen-bond acceptors (Lipinski definition) is 3. The monoisotopic (exact) mass is 253 g/mol. The van der Waals surface area contributed by atoms with Crippen LogP contribution in [0.3, 0.4) is 0 Å². The van der Waals surface area contributed by atoms with E-state index >= 15 is 0 Å². The van der Waals surface area contributed by atoms with Gasteiger partial charge in [-0.3, -0.25) is 0 Å². The molecule has 0 amide bonds. The second-order valence-corrected chi connectivity index (χ2v) is 3.79. The number of furan rings is 1. The van der Waals surface area contributed by atoms with Crippen molar-refractivity contribution in [2.75, 3.05) is 7.05 Å². The molecule has 5 heteroatoms. The lowest BCUT2D eigenvalue weighted by Crippen LogP contribution is -2.03. The summed E-state index contributed by atoms with van der Waals surface area (Å²) in [6.45, 7) is 0.738. The molecule has 0 saturated heterocycles. The molecule has 0 fully saturated rings. The number of rotatable bonds is 5. The lowest BCUT2D eigenvalue weighted by Gasteiger charge is -2.05. The van der Waals surface area contributed by atoms with E-state index in [4.69, 9.17) is 9.15 Å². The third-order valence-electron chi connectivity index (χ3n) is 2.38. The number of ether oxygens (including phenoxy) is 1. The molecule has 1 heterocycles. The molecule has 0 aliphatic rings. The van der Waals surface area contributed by atoms with E-state index in [0.29, 0.717) is 12.3 Å². The van der Waals surface area contributed by atoms with E-state index in [1.807, 2.05) is 7.05 Å². The molecule has 0 aliphatic carbocycles. The average molecular weight is 253 g/mol. The highest BCUT2D eigenvalue weighted by atomic mass is 19.2. The second-order valence-electron chi connectivity index (χ2n) is 3.79. The van der Waals surface area contributed by atoms with E-state index in [9.17, 15) is 8.78 Å². The number of benzene rings is 1. The Bertz CT molecular complexity index is 525. The molecule has 18 heavy (non-hydrogen) atoms. The first-order valence-corrected chi connectivity index (χ1v) is 5.48. The van der Waals surface area contributed by atoms with Gasteiger partial charge in [0.15, 0.2) is 11.6 Å². The largest absolute Gasteiger partial charge is 0.482 e. The maximum absolute atomic E-state index is 13.3. The minimum absolute atomic E-state index is 0.0596. The van der Waals surface area contributed by atoms with Crippen molar-refractivity contribution >= 4 is 0 Å². The highest BCUT2D eigenvalue weighted by Gasteiger charge is 2.09. The van der Waals surface area contributed by atoms with Crippen molar-refractivity contribution in [2.45, 2.75) is 13.2 Å². The minimum atomic E-state index is -0.987. The Morgan fingerprint density at radius 3 is 2.94 bits per heavy atom. The van der Waals surface area contributed by atoms with Crippen molar-refractivity contribution in [2.24, 2.45) is 0 Å². The molecule has 0 bridgehead atoms. The fraction of sp³-hybridized carbons (Fsp3) is 0.231. The van der Waals surface area contributed by atoms with E-state index in [-0.39, 0.29) is 12.4 Å². The van der Waals surface area contributed by atoms with Gasteiger partial charge in [0.2, 0.25) is 5.82 Å². The molecule has 0 aliphatic heterocycles. The molecule has 2 rings (SSSR count). The summed E-state index contributed by atoms with van der Waals surface area (Å²) in [4.78, 5) is 0. The zero-order chi connectivity index (χ0) is 13.0. The summed E-state index contributed by atoms with van der Waals surface area (Å²) in [5.74, 6) is -1.48. The van der Waals surface area contributed by atoms with E-state index < -0.39 is 11.6 Å². The average Bonchev–Trinajstić information content (AvgIpc) is 2.79. The second kappa shape index (κ2) is 5.64. The first kappa shape index (κ1) is 12.6. The van der Waals surface area contributed by atoms with E-state index in [1.54, 1.807) is 12.3 Å². The summed E-state index contributed by atoms with van der Waals surface area (Å²) in [6, 6.07) is 5.60. The van der Waals surface area contributed by atoms with Gasteiger partial charge in [0.25, 0.3) is 0 Å². The number of hydrogen-bond donors (Lipinski definition) is 1. The highest BCUT2D eigenvalue weighted by molar-refractivity contribution is 5.25. The standard InChI is InChI=1S/C13H13F2NO2/c1-16-6-9-5-10(17-7-9)8-18-12-4-2-3-11(14)13(12)15/h2-5,7,16H,6,8H2,1H3. The zero-order valence-electron chi connectivity index (χ0n) is 9.87. The number of halogens is 2. The van der Waals surface area contributed by atoms with Crippen LogP contribution in [0.1, 0.15) is 11.3 Å². The third kappa shape index (κ3) is 2.87. The quantitative estimate of drug-likeness (QED) is 0.889. The molecular weight excluding hydrogens is 240 g/mol. The summed E-state index contributed by atoms with van der Waals surface area (Å²) in [5.41, 5.74) is 0.968. The third-order valence-corrected chi connectivity index (χ3v) is 2.38. The van der Waals surface area contributed by atoms with Crippen molar-refractivity contribution in [1.29, 1.82) is 0 Å². The fourth-order valence-corrected chi connectivity index (χ4v) is 1.54. The van der Waals surface area contributed by atoms with Gasteiger partial charge < -0.3 is 14.5 Å². The summed E-state index contributed by atoms with van der Waals surface area (Å²) < 4.78 is 36.6. The Morgan fingerprint density at radius 2 is 2.17 bits per heavy atom. The van der Waals surface area contributed by atoms with Gasteiger partial charge in [-0.15, -0.1) is 0 Å². The van der Waals surface area contributed by atoms with Crippen LogP contribution >= 0.6 is 0 Å². The van der Waals surface area contributed by atoms with Crippen LogP contribution in [0.5, 0.6) is 5.75 Å².